The van der Waals surface area contributed by atoms with Gasteiger partial charge < -0.3 is 14.2 Å². The highest BCUT2D eigenvalue weighted by molar-refractivity contribution is 14.1. The van der Waals surface area contributed by atoms with E-state index in [1.54, 1.807) is 6.07 Å². The van der Waals surface area contributed by atoms with Crippen LogP contribution in [0.25, 0.3) is 10.9 Å². The quantitative estimate of drug-likeness (QED) is 0.259. The van der Waals surface area contributed by atoms with Crippen LogP contribution in [0.2, 0.25) is 5.28 Å². The number of rotatable bonds is 7. The van der Waals surface area contributed by atoms with Crippen LogP contribution in [0.15, 0.2) is 42.5 Å². The Bertz CT molecular complexity index is 1120. The zero-order valence-corrected chi connectivity index (χ0v) is 20.3. The minimum Gasteiger partial charge on any atom is -0.358 e. The molecule has 1 aromatic heterocycles. The summed E-state index contributed by atoms with van der Waals surface area (Å²) in [7, 11) is 0. The fourth-order valence-electron chi connectivity index (χ4n) is 4.09. The average Bonchev–Trinajstić information content (AvgIpc) is 3.61. The molecule has 3 aromatic rings. The zero-order valence-electron chi connectivity index (χ0n) is 17.4. The summed E-state index contributed by atoms with van der Waals surface area (Å²) in [6.07, 6.45) is 4.46. The Balaban J connectivity index is 1.69. The van der Waals surface area contributed by atoms with E-state index in [4.69, 9.17) is 25.8 Å². The molecule has 1 aliphatic carbocycles. The van der Waals surface area contributed by atoms with Crippen molar-refractivity contribution in [2.45, 2.75) is 50.1 Å². The summed E-state index contributed by atoms with van der Waals surface area (Å²) in [5, 5.41) is 0.919. The molecule has 0 bridgehead atoms. The van der Waals surface area contributed by atoms with Gasteiger partial charge >= 0.3 is 0 Å². The first kappa shape index (κ1) is 22.4. The summed E-state index contributed by atoms with van der Waals surface area (Å²) in [5.41, 5.74) is 0.767. The molecule has 5 nitrogen and oxygen atoms in total. The molecule has 1 saturated carbocycles. The highest BCUT2D eigenvalue weighted by Gasteiger charge is 2.45. The molecule has 2 unspecified atom stereocenters. The van der Waals surface area contributed by atoms with Crippen LogP contribution in [-0.4, -0.2) is 35.6 Å². The van der Waals surface area contributed by atoms with Gasteiger partial charge in [-0.25, -0.2) is 14.4 Å². The zero-order chi connectivity index (χ0) is 22.1. The molecule has 2 aromatic carbocycles. The van der Waals surface area contributed by atoms with Crippen LogP contribution in [-0.2, 0) is 19.8 Å². The number of hydrogen-bond acceptors (Lipinski definition) is 5. The lowest BCUT2D eigenvalue weighted by molar-refractivity contribution is -0.197. The summed E-state index contributed by atoms with van der Waals surface area (Å²) in [4.78, 5) is 9.05. The maximum Gasteiger partial charge on any atom is 0.223 e. The van der Waals surface area contributed by atoms with Gasteiger partial charge in [0.25, 0.3) is 0 Å². The largest absolute Gasteiger partial charge is 0.358 e. The van der Waals surface area contributed by atoms with Crippen molar-refractivity contribution in [3.8, 4) is 0 Å². The van der Waals surface area contributed by atoms with Gasteiger partial charge in [-0.3, -0.25) is 0 Å². The van der Waals surface area contributed by atoms with Crippen molar-refractivity contribution in [2.75, 3.05) is 13.2 Å². The first-order valence-electron chi connectivity index (χ1n) is 10.8. The molecule has 0 N–H and O–H groups in total. The first-order chi connectivity index (χ1) is 15.5. The van der Waals surface area contributed by atoms with Crippen molar-refractivity contribution < 1.29 is 18.6 Å². The molecule has 1 saturated heterocycles. The number of fused-ring (bicyclic) bond motifs is 1. The van der Waals surface area contributed by atoms with E-state index >= 15 is 0 Å². The molecule has 32 heavy (non-hydrogen) atoms. The highest BCUT2D eigenvalue weighted by atomic mass is 127. The monoisotopic (exact) mass is 568 g/mol. The van der Waals surface area contributed by atoms with E-state index in [2.05, 4.69) is 32.6 Å². The Morgan fingerprint density at radius 1 is 1.12 bits per heavy atom. The lowest BCUT2D eigenvalue weighted by Crippen LogP contribution is -2.41. The Hall–Kier alpha value is -1.39. The SMILES string of the molecule is Fc1cccc(C(COC2CCCCO2)(OC2CC2)c2nc(Cl)nc3ccc(I)cc23)c1. The van der Waals surface area contributed by atoms with Crippen LogP contribution in [0.3, 0.4) is 0 Å². The smallest absolute Gasteiger partial charge is 0.223 e. The van der Waals surface area contributed by atoms with Gasteiger partial charge in [-0.05, 0) is 102 Å². The fraction of sp³-hybridized carbons (Fsp3) is 0.417. The Morgan fingerprint density at radius 3 is 2.75 bits per heavy atom. The van der Waals surface area contributed by atoms with Crippen LogP contribution >= 0.6 is 34.2 Å². The summed E-state index contributed by atoms with van der Waals surface area (Å²) < 4.78 is 34.2. The van der Waals surface area contributed by atoms with Crippen LogP contribution in [0.1, 0.15) is 43.4 Å². The van der Waals surface area contributed by atoms with E-state index < -0.39 is 5.60 Å². The third kappa shape index (κ3) is 4.77. The van der Waals surface area contributed by atoms with E-state index in [0.29, 0.717) is 23.4 Å². The van der Waals surface area contributed by atoms with Gasteiger partial charge in [-0.2, -0.15) is 0 Å². The number of hydrogen-bond donors (Lipinski definition) is 0. The normalized spacial score (nSPS) is 20.9. The molecule has 5 rings (SSSR count). The fourth-order valence-corrected chi connectivity index (χ4v) is 4.76. The summed E-state index contributed by atoms with van der Waals surface area (Å²) in [5.74, 6) is -0.348. The Labute approximate surface area is 204 Å². The molecule has 2 heterocycles. The van der Waals surface area contributed by atoms with Gasteiger partial charge in [0.05, 0.1) is 23.9 Å². The first-order valence-corrected chi connectivity index (χ1v) is 12.3. The van der Waals surface area contributed by atoms with Gasteiger partial charge in [-0.15, -0.1) is 0 Å². The Kier molecular flexibility index (Phi) is 6.63. The molecular formula is C24H23ClFIN2O3. The van der Waals surface area contributed by atoms with E-state index in [0.717, 1.165) is 41.1 Å². The van der Waals surface area contributed by atoms with Gasteiger partial charge in [-0.1, -0.05) is 12.1 Å². The van der Waals surface area contributed by atoms with E-state index in [1.807, 2.05) is 24.3 Å². The van der Waals surface area contributed by atoms with Crippen molar-refractivity contribution in [1.82, 2.24) is 9.97 Å². The topological polar surface area (TPSA) is 53.5 Å². The minimum atomic E-state index is -1.15. The van der Waals surface area contributed by atoms with E-state index in [9.17, 15) is 4.39 Å². The molecule has 2 atom stereocenters. The van der Waals surface area contributed by atoms with Crippen molar-refractivity contribution >= 4 is 45.1 Å². The lowest BCUT2D eigenvalue weighted by Gasteiger charge is -2.36. The molecule has 2 aliphatic rings. The number of nitrogens with zero attached hydrogens (tertiary/aromatic N) is 2. The molecular weight excluding hydrogens is 546 g/mol. The Morgan fingerprint density at radius 2 is 2.00 bits per heavy atom. The molecule has 0 amide bonds. The molecule has 1 aliphatic heterocycles. The van der Waals surface area contributed by atoms with Crippen molar-refractivity contribution in [1.29, 1.82) is 0 Å². The predicted molar refractivity (Wildman–Crippen MR) is 128 cm³/mol. The van der Waals surface area contributed by atoms with Gasteiger partial charge in [0.1, 0.15) is 5.82 Å². The minimum absolute atomic E-state index is 0.0423. The second-order valence-electron chi connectivity index (χ2n) is 8.26. The molecule has 8 heteroatoms. The van der Waals surface area contributed by atoms with Crippen molar-refractivity contribution in [3.63, 3.8) is 0 Å². The predicted octanol–water partition coefficient (Wildman–Crippen LogP) is 5.99. The van der Waals surface area contributed by atoms with Crippen molar-refractivity contribution in [3.05, 3.63) is 68.4 Å². The molecule has 2 fully saturated rings. The van der Waals surface area contributed by atoms with E-state index in [-0.39, 0.29) is 30.1 Å². The molecule has 168 valence electrons. The summed E-state index contributed by atoms with van der Waals surface area (Å²) in [6, 6.07) is 12.3. The molecule has 0 radical (unpaired) electrons. The number of ether oxygens (including phenoxy) is 3. The summed E-state index contributed by atoms with van der Waals surface area (Å²) >= 11 is 8.63. The van der Waals surface area contributed by atoms with Gasteiger partial charge in [0, 0.05) is 15.6 Å². The molecule has 0 spiro atoms. The van der Waals surface area contributed by atoms with Crippen LogP contribution < -0.4 is 0 Å². The van der Waals surface area contributed by atoms with Crippen LogP contribution in [0, 0.1) is 9.39 Å². The van der Waals surface area contributed by atoms with Crippen LogP contribution in [0.5, 0.6) is 0 Å². The maximum atomic E-state index is 14.4. The third-order valence-electron chi connectivity index (χ3n) is 5.81. The van der Waals surface area contributed by atoms with Gasteiger partial charge in [0.15, 0.2) is 11.9 Å². The van der Waals surface area contributed by atoms with E-state index in [1.165, 1.54) is 12.1 Å². The van der Waals surface area contributed by atoms with Crippen molar-refractivity contribution in [2.24, 2.45) is 0 Å². The average molecular weight is 569 g/mol. The maximum absolute atomic E-state index is 14.4. The van der Waals surface area contributed by atoms with Gasteiger partial charge in [0.2, 0.25) is 5.28 Å². The second-order valence-corrected chi connectivity index (χ2v) is 9.85. The second kappa shape index (κ2) is 9.46. The number of benzene rings is 2. The lowest BCUT2D eigenvalue weighted by atomic mass is 9.88. The highest BCUT2D eigenvalue weighted by Crippen LogP contribution is 2.43. The number of aromatic nitrogens is 2. The van der Waals surface area contributed by atoms with Crippen LogP contribution in [0.4, 0.5) is 4.39 Å². The number of halogens is 3. The standard InChI is InChI=1S/C24H23ClFIN2O3/c25-23-28-20-10-7-17(27)13-19(20)22(29-23)24(32-18-8-9-18,15-4-3-5-16(26)12-15)14-31-21-6-1-2-11-30-21/h3-5,7,10,12-13,18,21H,1-2,6,8-9,11,14H2. The third-order valence-corrected chi connectivity index (χ3v) is 6.65. The summed E-state index contributed by atoms with van der Waals surface area (Å²) in [6.45, 7) is 0.799.